The number of amides is 1. The van der Waals surface area contributed by atoms with Crippen molar-refractivity contribution in [1.82, 2.24) is 15.1 Å². The van der Waals surface area contributed by atoms with Crippen LogP contribution in [-0.2, 0) is 11.3 Å². The maximum absolute atomic E-state index is 12.4. The molecule has 0 radical (unpaired) electrons. The van der Waals surface area contributed by atoms with Crippen LogP contribution in [0.4, 0.5) is 5.82 Å². The first-order chi connectivity index (χ1) is 13.0. The molecular formula is C21H23ClN4O. The highest BCUT2D eigenvalue weighted by Crippen LogP contribution is 2.18. The number of rotatable bonds is 7. The summed E-state index contributed by atoms with van der Waals surface area (Å²) in [4.78, 5) is 12.4. The van der Waals surface area contributed by atoms with E-state index in [1.165, 1.54) is 11.1 Å². The summed E-state index contributed by atoms with van der Waals surface area (Å²) < 4.78 is 1.73. The van der Waals surface area contributed by atoms with Crippen LogP contribution in [0.5, 0.6) is 0 Å². The number of hydrogen-bond donors (Lipinski definition) is 2. The normalized spacial score (nSPS) is 12.0. The molecule has 0 saturated carbocycles. The van der Waals surface area contributed by atoms with Gasteiger partial charge in [-0.15, -0.1) is 0 Å². The first kappa shape index (κ1) is 19.1. The first-order valence-electron chi connectivity index (χ1n) is 8.88. The van der Waals surface area contributed by atoms with E-state index < -0.39 is 0 Å². The van der Waals surface area contributed by atoms with E-state index in [1.807, 2.05) is 36.4 Å². The van der Waals surface area contributed by atoms with Crippen LogP contribution in [0.15, 0.2) is 60.8 Å². The second-order valence-corrected chi connectivity index (χ2v) is 6.88. The summed E-state index contributed by atoms with van der Waals surface area (Å²) in [6.07, 6.45) is 1.66. The third-order valence-electron chi connectivity index (χ3n) is 4.49. The summed E-state index contributed by atoms with van der Waals surface area (Å²) in [5, 5.41) is 11.1. The molecule has 1 heterocycles. The topological polar surface area (TPSA) is 59.0 Å². The zero-order chi connectivity index (χ0) is 19.2. The number of nitrogens with zero attached hydrogens (tertiary/aromatic N) is 2. The fourth-order valence-corrected chi connectivity index (χ4v) is 3.16. The second kappa shape index (κ2) is 8.84. The number of aromatic nitrogens is 2. The Balaban J connectivity index is 1.58. The van der Waals surface area contributed by atoms with Gasteiger partial charge in [-0.25, -0.2) is 4.68 Å². The minimum absolute atomic E-state index is 0.0880. The molecule has 5 nitrogen and oxygen atoms in total. The van der Waals surface area contributed by atoms with Gasteiger partial charge in [0.15, 0.2) is 0 Å². The van der Waals surface area contributed by atoms with Gasteiger partial charge in [0.2, 0.25) is 5.91 Å². The zero-order valence-electron chi connectivity index (χ0n) is 15.4. The van der Waals surface area contributed by atoms with Crippen molar-refractivity contribution in [3.8, 4) is 0 Å². The van der Waals surface area contributed by atoms with Gasteiger partial charge in [0, 0.05) is 17.1 Å². The van der Waals surface area contributed by atoms with Crippen molar-refractivity contribution in [2.75, 3.05) is 11.9 Å². The SMILES string of the molecule is Cc1ccccc1C(C)NCC(=O)Nc1ccnn1Cc1ccccc1Cl. The Kier molecular flexibility index (Phi) is 6.27. The van der Waals surface area contributed by atoms with Crippen LogP contribution in [0, 0.1) is 6.92 Å². The molecule has 1 amide bonds. The van der Waals surface area contributed by atoms with Crippen molar-refractivity contribution in [2.24, 2.45) is 0 Å². The Morgan fingerprint density at radius 2 is 1.89 bits per heavy atom. The lowest BCUT2D eigenvalue weighted by molar-refractivity contribution is -0.115. The number of carbonyl (C=O) groups is 1. The fourth-order valence-electron chi connectivity index (χ4n) is 2.97. The molecule has 3 aromatic rings. The highest BCUT2D eigenvalue weighted by Gasteiger charge is 2.12. The predicted octanol–water partition coefficient (Wildman–Crippen LogP) is 4.18. The minimum Gasteiger partial charge on any atom is -0.310 e. The summed E-state index contributed by atoms with van der Waals surface area (Å²) in [5.41, 5.74) is 3.34. The Hall–Kier alpha value is -2.63. The van der Waals surface area contributed by atoms with Gasteiger partial charge in [-0.05, 0) is 36.6 Å². The lowest BCUT2D eigenvalue weighted by Crippen LogP contribution is -2.31. The summed E-state index contributed by atoms with van der Waals surface area (Å²) >= 11 is 6.22. The van der Waals surface area contributed by atoms with Gasteiger partial charge >= 0.3 is 0 Å². The van der Waals surface area contributed by atoms with Gasteiger partial charge in [0.1, 0.15) is 5.82 Å². The summed E-state index contributed by atoms with van der Waals surface area (Å²) in [5.74, 6) is 0.529. The quantitative estimate of drug-likeness (QED) is 0.644. The molecule has 0 aliphatic carbocycles. The molecule has 1 atom stereocenters. The molecule has 0 saturated heterocycles. The van der Waals surface area contributed by atoms with E-state index in [0.717, 1.165) is 5.56 Å². The molecule has 1 aromatic heterocycles. The molecule has 27 heavy (non-hydrogen) atoms. The van der Waals surface area contributed by atoms with Gasteiger partial charge < -0.3 is 10.6 Å². The Labute approximate surface area is 164 Å². The first-order valence-corrected chi connectivity index (χ1v) is 9.26. The number of nitrogens with one attached hydrogen (secondary N) is 2. The fraction of sp³-hybridized carbons (Fsp3) is 0.238. The van der Waals surface area contributed by atoms with Crippen LogP contribution in [0.3, 0.4) is 0 Å². The van der Waals surface area contributed by atoms with Gasteiger partial charge in [-0.2, -0.15) is 5.10 Å². The molecule has 0 bridgehead atoms. The predicted molar refractivity (Wildman–Crippen MR) is 109 cm³/mol. The van der Waals surface area contributed by atoms with Crippen LogP contribution < -0.4 is 10.6 Å². The van der Waals surface area contributed by atoms with Crippen molar-refractivity contribution in [2.45, 2.75) is 26.4 Å². The molecular weight excluding hydrogens is 360 g/mol. The van der Waals surface area contributed by atoms with E-state index in [9.17, 15) is 4.79 Å². The number of hydrogen-bond acceptors (Lipinski definition) is 3. The lowest BCUT2D eigenvalue weighted by atomic mass is 10.0. The zero-order valence-corrected chi connectivity index (χ0v) is 16.2. The van der Waals surface area contributed by atoms with E-state index >= 15 is 0 Å². The average Bonchev–Trinajstić information content (AvgIpc) is 3.08. The largest absolute Gasteiger partial charge is 0.310 e. The molecule has 6 heteroatoms. The maximum Gasteiger partial charge on any atom is 0.239 e. The van der Waals surface area contributed by atoms with Crippen molar-refractivity contribution in [1.29, 1.82) is 0 Å². The van der Waals surface area contributed by atoms with Crippen LogP contribution in [0.25, 0.3) is 0 Å². The van der Waals surface area contributed by atoms with E-state index in [1.54, 1.807) is 16.9 Å². The van der Waals surface area contributed by atoms with E-state index in [2.05, 4.69) is 41.7 Å². The summed E-state index contributed by atoms with van der Waals surface area (Å²) in [7, 11) is 0. The van der Waals surface area contributed by atoms with Crippen molar-refractivity contribution >= 4 is 23.3 Å². The molecule has 0 aliphatic rings. The molecule has 2 aromatic carbocycles. The van der Waals surface area contributed by atoms with Crippen LogP contribution in [0.2, 0.25) is 5.02 Å². The minimum atomic E-state index is -0.114. The highest BCUT2D eigenvalue weighted by molar-refractivity contribution is 6.31. The number of anilines is 1. The summed E-state index contributed by atoms with van der Waals surface area (Å²) in [6.45, 7) is 4.83. The van der Waals surface area contributed by atoms with Crippen molar-refractivity contribution in [3.05, 3.63) is 82.5 Å². The number of carbonyl (C=O) groups excluding carboxylic acids is 1. The van der Waals surface area contributed by atoms with Crippen molar-refractivity contribution in [3.63, 3.8) is 0 Å². The van der Waals surface area contributed by atoms with Crippen LogP contribution in [-0.4, -0.2) is 22.2 Å². The van der Waals surface area contributed by atoms with Gasteiger partial charge in [-0.1, -0.05) is 54.1 Å². The van der Waals surface area contributed by atoms with Gasteiger partial charge in [0.05, 0.1) is 19.3 Å². The third kappa shape index (κ3) is 4.96. The van der Waals surface area contributed by atoms with E-state index in [-0.39, 0.29) is 18.5 Å². The van der Waals surface area contributed by atoms with Gasteiger partial charge in [-0.3, -0.25) is 4.79 Å². The molecule has 3 rings (SSSR count). The molecule has 0 fully saturated rings. The van der Waals surface area contributed by atoms with Crippen molar-refractivity contribution < 1.29 is 4.79 Å². The maximum atomic E-state index is 12.4. The standard InChI is InChI=1S/C21H23ClN4O/c1-15-7-3-5-9-18(15)16(2)23-13-21(27)25-20-11-12-24-26(20)14-17-8-4-6-10-19(17)22/h3-12,16,23H,13-14H2,1-2H3,(H,25,27). The number of benzene rings is 2. The highest BCUT2D eigenvalue weighted by atomic mass is 35.5. The molecule has 0 aliphatic heterocycles. The van der Waals surface area contributed by atoms with E-state index in [0.29, 0.717) is 17.4 Å². The third-order valence-corrected chi connectivity index (χ3v) is 4.85. The molecule has 0 spiro atoms. The summed E-state index contributed by atoms with van der Waals surface area (Å²) in [6, 6.07) is 17.6. The average molecular weight is 383 g/mol. The van der Waals surface area contributed by atoms with E-state index in [4.69, 9.17) is 11.6 Å². The lowest BCUT2D eigenvalue weighted by Gasteiger charge is -2.16. The van der Waals surface area contributed by atoms with Crippen LogP contribution >= 0.6 is 11.6 Å². The van der Waals surface area contributed by atoms with Gasteiger partial charge in [0.25, 0.3) is 0 Å². The molecule has 2 N–H and O–H groups in total. The Bertz CT molecular complexity index is 922. The monoisotopic (exact) mass is 382 g/mol. The second-order valence-electron chi connectivity index (χ2n) is 6.47. The Morgan fingerprint density at radius 1 is 1.15 bits per heavy atom. The Morgan fingerprint density at radius 3 is 2.67 bits per heavy atom. The molecule has 1 unspecified atom stereocenters. The number of halogens is 1. The van der Waals surface area contributed by atoms with Crippen LogP contribution in [0.1, 0.15) is 29.7 Å². The smallest absolute Gasteiger partial charge is 0.239 e. The molecule has 140 valence electrons. The number of aryl methyl sites for hydroxylation is 1.